The summed E-state index contributed by atoms with van der Waals surface area (Å²) in [7, 11) is 1.69. The summed E-state index contributed by atoms with van der Waals surface area (Å²) in [6.45, 7) is 0. The molecule has 0 spiro atoms. The molecule has 1 aromatic carbocycles. The molecule has 3 nitrogen and oxygen atoms in total. The molecule has 0 radical (unpaired) electrons. The molecular weight excluding hydrogens is 356 g/mol. The van der Waals surface area contributed by atoms with Gasteiger partial charge in [-0.05, 0) is 24.3 Å². The van der Waals surface area contributed by atoms with Crippen molar-refractivity contribution in [3.63, 3.8) is 0 Å². The van der Waals surface area contributed by atoms with Gasteiger partial charge in [0.25, 0.3) is 0 Å². The van der Waals surface area contributed by atoms with Crippen molar-refractivity contribution in [2.75, 3.05) is 17.7 Å². The summed E-state index contributed by atoms with van der Waals surface area (Å²) in [5, 5.41) is 6.37. The van der Waals surface area contributed by atoms with Crippen LogP contribution in [-0.2, 0) is 0 Å². The Balaban J connectivity index is 2.37. The van der Waals surface area contributed by atoms with Crippen molar-refractivity contribution in [2.45, 2.75) is 0 Å². The van der Waals surface area contributed by atoms with Gasteiger partial charge in [0.1, 0.15) is 11.6 Å². The van der Waals surface area contributed by atoms with Crippen LogP contribution in [0.3, 0.4) is 0 Å². The zero-order valence-corrected chi connectivity index (χ0v) is 12.9. The molecule has 0 atom stereocenters. The molecule has 0 saturated carbocycles. The van der Waals surface area contributed by atoms with E-state index in [0.29, 0.717) is 26.2 Å². The fourth-order valence-electron chi connectivity index (χ4n) is 1.45. The SMILES string of the molecule is CNc1nc(Nc2ccc(Br)cc2F)c(Cl)cc1Cl. The Morgan fingerprint density at radius 3 is 2.47 bits per heavy atom. The van der Waals surface area contributed by atoms with Crippen LogP contribution in [0.4, 0.5) is 21.7 Å². The van der Waals surface area contributed by atoms with Crippen molar-refractivity contribution in [1.82, 2.24) is 4.98 Å². The number of pyridine rings is 1. The first kappa shape index (κ1) is 14.4. The van der Waals surface area contributed by atoms with Crippen molar-refractivity contribution >= 4 is 56.5 Å². The highest BCUT2D eigenvalue weighted by molar-refractivity contribution is 9.10. The Hall–Kier alpha value is -1.04. The van der Waals surface area contributed by atoms with Crippen LogP contribution < -0.4 is 10.6 Å². The third-order valence-electron chi connectivity index (χ3n) is 2.35. The number of nitrogens with zero attached hydrogens (tertiary/aromatic N) is 1. The van der Waals surface area contributed by atoms with Gasteiger partial charge in [0.15, 0.2) is 5.82 Å². The van der Waals surface area contributed by atoms with Gasteiger partial charge in [-0.3, -0.25) is 0 Å². The number of aromatic nitrogens is 1. The van der Waals surface area contributed by atoms with Gasteiger partial charge in [-0.1, -0.05) is 39.1 Å². The quantitative estimate of drug-likeness (QED) is 0.797. The summed E-state index contributed by atoms with van der Waals surface area (Å²) >= 11 is 15.2. The minimum atomic E-state index is -0.409. The molecule has 0 fully saturated rings. The zero-order valence-electron chi connectivity index (χ0n) is 9.77. The van der Waals surface area contributed by atoms with E-state index in [9.17, 15) is 4.39 Å². The lowest BCUT2D eigenvalue weighted by atomic mass is 10.3. The highest BCUT2D eigenvalue weighted by Gasteiger charge is 2.10. The third kappa shape index (κ3) is 3.29. The topological polar surface area (TPSA) is 37.0 Å². The van der Waals surface area contributed by atoms with E-state index in [0.717, 1.165) is 0 Å². The van der Waals surface area contributed by atoms with Crippen molar-refractivity contribution < 1.29 is 4.39 Å². The summed E-state index contributed by atoms with van der Waals surface area (Å²) in [5.74, 6) is 0.385. The van der Waals surface area contributed by atoms with Crippen molar-refractivity contribution in [3.8, 4) is 0 Å². The highest BCUT2D eigenvalue weighted by atomic mass is 79.9. The number of rotatable bonds is 3. The van der Waals surface area contributed by atoms with Crippen molar-refractivity contribution in [1.29, 1.82) is 0 Å². The minimum Gasteiger partial charge on any atom is -0.372 e. The van der Waals surface area contributed by atoms with E-state index in [1.54, 1.807) is 25.2 Å². The number of nitrogens with one attached hydrogen (secondary N) is 2. The predicted octanol–water partition coefficient (Wildman–Crippen LogP) is 5.08. The molecule has 1 aromatic heterocycles. The molecule has 0 aliphatic carbocycles. The molecule has 2 N–H and O–H groups in total. The lowest BCUT2D eigenvalue weighted by molar-refractivity contribution is 0.631. The van der Waals surface area contributed by atoms with Gasteiger partial charge in [-0.2, -0.15) is 0 Å². The maximum Gasteiger partial charge on any atom is 0.151 e. The van der Waals surface area contributed by atoms with Crippen LogP contribution >= 0.6 is 39.1 Å². The largest absolute Gasteiger partial charge is 0.372 e. The maximum atomic E-state index is 13.7. The Kier molecular flexibility index (Phi) is 4.50. The van der Waals surface area contributed by atoms with Gasteiger partial charge in [0, 0.05) is 11.5 Å². The van der Waals surface area contributed by atoms with Gasteiger partial charge in [0.05, 0.1) is 15.7 Å². The smallest absolute Gasteiger partial charge is 0.151 e. The van der Waals surface area contributed by atoms with Gasteiger partial charge < -0.3 is 10.6 Å². The number of hydrogen-bond acceptors (Lipinski definition) is 3. The van der Waals surface area contributed by atoms with E-state index in [1.165, 1.54) is 6.07 Å². The second-order valence-corrected chi connectivity index (χ2v) is 5.38. The highest BCUT2D eigenvalue weighted by Crippen LogP contribution is 2.31. The molecule has 2 aromatic rings. The molecule has 100 valence electrons. The van der Waals surface area contributed by atoms with Crippen LogP contribution in [0.25, 0.3) is 0 Å². The van der Waals surface area contributed by atoms with E-state index in [1.807, 2.05) is 0 Å². The first-order valence-corrected chi connectivity index (χ1v) is 6.82. The lowest BCUT2D eigenvalue weighted by Crippen LogP contribution is -2.01. The fraction of sp³-hybridized carbons (Fsp3) is 0.0833. The number of hydrogen-bond donors (Lipinski definition) is 2. The normalized spacial score (nSPS) is 10.4. The molecule has 0 aliphatic heterocycles. The Bertz CT molecular complexity index is 622. The van der Waals surface area contributed by atoms with Gasteiger partial charge in [-0.15, -0.1) is 0 Å². The Morgan fingerprint density at radius 2 is 1.84 bits per heavy atom. The molecule has 0 saturated heterocycles. The molecular formula is C12H9BrCl2FN3. The molecule has 19 heavy (non-hydrogen) atoms. The van der Waals surface area contributed by atoms with Crippen LogP contribution in [-0.4, -0.2) is 12.0 Å². The van der Waals surface area contributed by atoms with Crippen LogP contribution in [0.2, 0.25) is 10.0 Å². The summed E-state index contributed by atoms with van der Waals surface area (Å²) in [5.41, 5.74) is 0.280. The van der Waals surface area contributed by atoms with E-state index in [4.69, 9.17) is 23.2 Å². The molecule has 1 heterocycles. The average molecular weight is 365 g/mol. The molecule has 2 rings (SSSR count). The van der Waals surface area contributed by atoms with Crippen LogP contribution in [0.5, 0.6) is 0 Å². The maximum absolute atomic E-state index is 13.7. The van der Waals surface area contributed by atoms with E-state index < -0.39 is 5.82 Å². The Labute approximate surface area is 128 Å². The first-order chi connectivity index (χ1) is 9.01. The summed E-state index contributed by atoms with van der Waals surface area (Å²) in [6.07, 6.45) is 0. The number of anilines is 3. The van der Waals surface area contributed by atoms with Gasteiger partial charge >= 0.3 is 0 Å². The van der Waals surface area contributed by atoms with Crippen molar-refractivity contribution in [3.05, 3.63) is 44.6 Å². The predicted molar refractivity (Wildman–Crippen MR) is 81.2 cm³/mol. The second-order valence-electron chi connectivity index (χ2n) is 3.65. The summed E-state index contributed by atoms with van der Waals surface area (Å²) in [6, 6.07) is 6.20. The van der Waals surface area contributed by atoms with Gasteiger partial charge in [-0.25, -0.2) is 9.37 Å². The molecule has 0 unspecified atom stereocenters. The minimum absolute atomic E-state index is 0.280. The zero-order chi connectivity index (χ0) is 14.0. The van der Waals surface area contributed by atoms with Crippen LogP contribution in [0.1, 0.15) is 0 Å². The monoisotopic (exact) mass is 363 g/mol. The number of benzene rings is 1. The van der Waals surface area contributed by atoms with E-state index >= 15 is 0 Å². The van der Waals surface area contributed by atoms with Crippen molar-refractivity contribution in [2.24, 2.45) is 0 Å². The third-order valence-corrected chi connectivity index (χ3v) is 3.42. The lowest BCUT2D eigenvalue weighted by Gasteiger charge is -2.11. The standard InChI is InChI=1S/C12H9BrCl2FN3/c1-17-11-7(14)5-8(15)12(19-11)18-10-3-2-6(13)4-9(10)16/h2-5H,1H3,(H2,17,18,19). The molecule has 0 bridgehead atoms. The Morgan fingerprint density at radius 1 is 1.16 bits per heavy atom. The summed E-state index contributed by atoms with van der Waals surface area (Å²) < 4.78 is 14.4. The first-order valence-electron chi connectivity index (χ1n) is 5.27. The second kappa shape index (κ2) is 5.94. The molecule has 0 aliphatic rings. The van der Waals surface area contributed by atoms with Crippen LogP contribution in [0, 0.1) is 5.82 Å². The molecule has 0 amide bonds. The van der Waals surface area contributed by atoms with E-state index in [2.05, 4.69) is 31.5 Å². The van der Waals surface area contributed by atoms with Crippen LogP contribution in [0.15, 0.2) is 28.7 Å². The summed E-state index contributed by atoms with van der Waals surface area (Å²) in [4.78, 5) is 4.18. The molecule has 7 heteroatoms. The van der Waals surface area contributed by atoms with Gasteiger partial charge in [0.2, 0.25) is 0 Å². The van der Waals surface area contributed by atoms with E-state index in [-0.39, 0.29) is 5.69 Å². The average Bonchev–Trinajstić information content (AvgIpc) is 2.35. The number of halogens is 4. The fourth-order valence-corrected chi connectivity index (χ4v) is 2.28.